The number of piperidine rings is 1. The van der Waals surface area contributed by atoms with Crippen LogP contribution in [0.4, 0.5) is 0 Å². The lowest BCUT2D eigenvalue weighted by molar-refractivity contribution is 0.0997. The Kier molecular flexibility index (Phi) is 5.75. The maximum Gasteiger partial charge on any atom is 0.279 e. The number of fused-ring (bicyclic) bond motifs is 2. The number of amides is 1. The third-order valence-corrected chi connectivity index (χ3v) is 9.13. The highest BCUT2D eigenvalue weighted by molar-refractivity contribution is 7.89. The van der Waals surface area contributed by atoms with Gasteiger partial charge < -0.3 is 14.0 Å². The molecule has 10 heteroatoms. The summed E-state index contributed by atoms with van der Waals surface area (Å²) >= 11 is 1.40. The molecule has 0 N–H and O–H groups in total. The molecule has 1 aromatic heterocycles. The first-order valence-corrected chi connectivity index (χ1v) is 13.2. The predicted octanol–water partition coefficient (Wildman–Crippen LogP) is 3.61. The number of hydrogen-bond donors (Lipinski definition) is 0. The normalized spacial score (nSPS) is 17.7. The van der Waals surface area contributed by atoms with Crippen LogP contribution in [0.2, 0.25) is 0 Å². The van der Waals surface area contributed by atoms with Crippen molar-refractivity contribution in [2.75, 3.05) is 19.9 Å². The number of rotatable bonds is 4. The van der Waals surface area contributed by atoms with Gasteiger partial charge in [-0.1, -0.05) is 18.3 Å². The molecule has 1 saturated heterocycles. The van der Waals surface area contributed by atoms with Crippen LogP contribution in [0.5, 0.6) is 11.5 Å². The van der Waals surface area contributed by atoms with E-state index < -0.39 is 15.9 Å². The van der Waals surface area contributed by atoms with Crippen molar-refractivity contribution in [1.82, 2.24) is 8.87 Å². The highest BCUT2D eigenvalue weighted by atomic mass is 32.2. The fourth-order valence-corrected chi connectivity index (χ4v) is 6.72. The first kappa shape index (κ1) is 22.1. The van der Waals surface area contributed by atoms with Crippen LogP contribution in [-0.4, -0.2) is 43.1 Å². The lowest BCUT2D eigenvalue weighted by Gasteiger charge is -2.29. The highest BCUT2D eigenvalue weighted by Crippen LogP contribution is 2.37. The monoisotopic (exact) mass is 487 g/mol. The first-order chi connectivity index (χ1) is 15.9. The van der Waals surface area contributed by atoms with E-state index in [-0.39, 0.29) is 11.7 Å². The van der Waals surface area contributed by atoms with Crippen LogP contribution in [0.3, 0.4) is 0 Å². The van der Waals surface area contributed by atoms with Gasteiger partial charge in [0.05, 0.1) is 15.1 Å². The molecule has 174 valence electrons. The topological polar surface area (TPSA) is 90.2 Å². The molecule has 2 aliphatic rings. The number of aromatic nitrogens is 1. The van der Waals surface area contributed by atoms with E-state index in [0.29, 0.717) is 47.4 Å². The van der Waals surface area contributed by atoms with E-state index in [9.17, 15) is 13.2 Å². The summed E-state index contributed by atoms with van der Waals surface area (Å²) < 4.78 is 41.2. The van der Waals surface area contributed by atoms with E-state index in [0.717, 1.165) is 23.1 Å². The summed E-state index contributed by atoms with van der Waals surface area (Å²) in [6.07, 6.45) is 1.73. The molecule has 2 aromatic carbocycles. The van der Waals surface area contributed by atoms with Gasteiger partial charge in [0.1, 0.15) is 0 Å². The molecule has 3 heterocycles. The van der Waals surface area contributed by atoms with E-state index >= 15 is 0 Å². The van der Waals surface area contributed by atoms with E-state index in [1.807, 2.05) is 23.6 Å². The molecule has 0 unspecified atom stereocenters. The summed E-state index contributed by atoms with van der Waals surface area (Å²) in [7, 11) is -3.55. The quantitative estimate of drug-likeness (QED) is 0.561. The summed E-state index contributed by atoms with van der Waals surface area (Å²) in [6.45, 7) is 6.03. The minimum absolute atomic E-state index is 0.202. The minimum Gasteiger partial charge on any atom is -0.454 e. The Morgan fingerprint density at radius 2 is 1.79 bits per heavy atom. The number of benzene rings is 2. The second-order valence-electron chi connectivity index (χ2n) is 8.33. The van der Waals surface area contributed by atoms with Gasteiger partial charge in [-0.2, -0.15) is 9.30 Å². The van der Waals surface area contributed by atoms with Gasteiger partial charge in [-0.15, -0.1) is 0 Å². The fraction of sp³-hybridized carbons (Fsp3) is 0.391. The molecule has 0 spiro atoms. The molecule has 2 aliphatic heterocycles. The van der Waals surface area contributed by atoms with Crippen LogP contribution < -0.4 is 14.3 Å². The van der Waals surface area contributed by atoms with E-state index in [2.05, 4.69) is 11.9 Å². The average Bonchev–Trinajstić information content (AvgIpc) is 3.40. The third kappa shape index (κ3) is 4.07. The SMILES string of the molecule is CCn1c(=NC(=O)c2ccc(S(=O)(=O)N3CCC(C)CC3)cc2)sc2cc3c(cc21)OCO3. The standard InChI is InChI=1S/C23H25N3O5S2/c1-3-26-18-12-19-20(31-14-30-19)13-21(18)32-23(26)24-22(27)16-4-6-17(7-5-16)33(28,29)25-10-8-15(2)9-11-25/h4-7,12-13,15H,3,8-11,14H2,1-2H3. The van der Waals surface area contributed by atoms with Crippen LogP contribution >= 0.6 is 11.3 Å². The summed E-state index contributed by atoms with van der Waals surface area (Å²) in [5, 5.41) is 0. The summed E-state index contributed by atoms with van der Waals surface area (Å²) in [4.78, 5) is 18.0. The zero-order valence-corrected chi connectivity index (χ0v) is 20.1. The van der Waals surface area contributed by atoms with E-state index in [1.54, 1.807) is 0 Å². The molecule has 0 radical (unpaired) electrons. The maximum atomic E-state index is 12.9. The molecule has 0 aliphatic carbocycles. The molecule has 0 atom stereocenters. The number of carbonyl (C=O) groups excluding carboxylic acids is 1. The highest BCUT2D eigenvalue weighted by Gasteiger charge is 2.28. The van der Waals surface area contributed by atoms with Gasteiger partial charge in [-0.25, -0.2) is 8.42 Å². The zero-order chi connectivity index (χ0) is 23.2. The van der Waals surface area contributed by atoms with Crippen LogP contribution in [0, 0.1) is 5.92 Å². The molecule has 1 amide bonds. The molecular weight excluding hydrogens is 462 g/mol. The molecular formula is C23H25N3O5S2. The average molecular weight is 488 g/mol. The third-order valence-electron chi connectivity index (χ3n) is 6.17. The fourth-order valence-electron chi connectivity index (χ4n) is 4.15. The van der Waals surface area contributed by atoms with Crippen molar-refractivity contribution in [2.45, 2.75) is 38.1 Å². The Morgan fingerprint density at radius 3 is 2.45 bits per heavy atom. The van der Waals surface area contributed by atoms with Crippen molar-refractivity contribution in [3.8, 4) is 11.5 Å². The van der Waals surface area contributed by atoms with Crippen LogP contribution in [0.15, 0.2) is 46.3 Å². The Morgan fingerprint density at radius 1 is 1.12 bits per heavy atom. The van der Waals surface area contributed by atoms with Gasteiger partial charge in [0.25, 0.3) is 5.91 Å². The van der Waals surface area contributed by atoms with Crippen molar-refractivity contribution in [3.05, 3.63) is 46.8 Å². The van der Waals surface area contributed by atoms with Crippen molar-refractivity contribution in [3.63, 3.8) is 0 Å². The largest absolute Gasteiger partial charge is 0.454 e. The second kappa shape index (κ2) is 8.58. The molecule has 1 fully saturated rings. The lowest BCUT2D eigenvalue weighted by Crippen LogP contribution is -2.37. The Labute approximate surface area is 196 Å². The number of thiazole rings is 1. The number of carbonyl (C=O) groups is 1. The first-order valence-electron chi connectivity index (χ1n) is 11.0. The second-order valence-corrected chi connectivity index (χ2v) is 11.3. The van der Waals surface area contributed by atoms with E-state index in [1.165, 1.54) is 39.9 Å². The number of hydrogen-bond acceptors (Lipinski definition) is 6. The predicted molar refractivity (Wildman–Crippen MR) is 125 cm³/mol. The van der Waals surface area contributed by atoms with Gasteiger partial charge in [-0.3, -0.25) is 4.79 Å². The van der Waals surface area contributed by atoms with Gasteiger partial charge in [0.15, 0.2) is 16.3 Å². The molecule has 8 nitrogen and oxygen atoms in total. The molecule has 3 aromatic rings. The Bertz CT molecular complexity index is 1380. The lowest BCUT2D eigenvalue weighted by atomic mass is 10.0. The van der Waals surface area contributed by atoms with Crippen LogP contribution in [0.25, 0.3) is 10.2 Å². The van der Waals surface area contributed by atoms with Gasteiger partial charge in [-0.05, 0) is 49.9 Å². The Hall–Kier alpha value is -2.69. The van der Waals surface area contributed by atoms with Crippen LogP contribution in [0.1, 0.15) is 37.0 Å². The molecule has 33 heavy (non-hydrogen) atoms. The zero-order valence-electron chi connectivity index (χ0n) is 18.5. The maximum absolute atomic E-state index is 12.9. The molecule has 0 bridgehead atoms. The van der Waals surface area contributed by atoms with Crippen molar-refractivity contribution >= 4 is 37.5 Å². The van der Waals surface area contributed by atoms with Crippen molar-refractivity contribution in [1.29, 1.82) is 0 Å². The smallest absolute Gasteiger partial charge is 0.279 e. The Balaban J connectivity index is 1.43. The number of nitrogens with zero attached hydrogens (tertiary/aromatic N) is 3. The minimum atomic E-state index is -3.55. The number of ether oxygens (including phenoxy) is 2. The van der Waals surface area contributed by atoms with Crippen LogP contribution in [-0.2, 0) is 16.6 Å². The van der Waals surface area contributed by atoms with Crippen molar-refractivity contribution in [2.24, 2.45) is 10.9 Å². The van der Waals surface area contributed by atoms with Gasteiger partial charge in [0, 0.05) is 37.3 Å². The number of aryl methyl sites for hydroxylation is 1. The van der Waals surface area contributed by atoms with Gasteiger partial charge >= 0.3 is 0 Å². The summed E-state index contributed by atoms with van der Waals surface area (Å²) in [6, 6.07) is 9.86. The van der Waals surface area contributed by atoms with Crippen molar-refractivity contribution < 1.29 is 22.7 Å². The van der Waals surface area contributed by atoms with E-state index in [4.69, 9.17) is 9.47 Å². The van der Waals surface area contributed by atoms with Gasteiger partial charge in [0.2, 0.25) is 16.8 Å². The summed E-state index contributed by atoms with van der Waals surface area (Å²) in [5.41, 5.74) is 1.27. The molecule has 0 saturated carbocycles. The molecule has 5 rings (SSSR count). The number of sulfonamides is 1. The summed E-state index contributed by atoms with van der Waals surface area (Å²) in [5.74, 6) is 1.49.